The Hall–Kier alpha value is -1.75. The van der Waals surface area contributed by atoms with Gasteiger partial charge in [0.25, 0.3) is 0 Å². The second-order valence-electron chi connectivity index (χ2n) is 7.98. The molecule has 0 aliphatic carbocycles. The Morgan fingerprint density at radius 1 is 1.15 bits per heavy atom. The highest BCUT2D eigenvalue weighted by Crippen LogP contribution is 2.38. The van der Waals surface area contributed by atoms with Crippen LogP contribution < -0.4 is 9.47 Å². The predicted molar refractivity (Wildman–Crippen MR) is 103 cm³/mol. The van der Waals surface area contributed by atoms with E-state index in [-0.39, 0.29) is 11.9 Å². The van der Waals surface area contributed by atoms with E-state index in [9.17, 15) is 4.79 Å². The molecule has 2 heterocycles. The molecule has 0 N–H and O–H groups in total. The first-order valence-corrected chi connectivity index (χ1v) is 9.75. The quantitative estimate of drug-likeness (QED) is 0.808. The Balaban J connectivity index is 1.73. The zero-order valence-corrected chi connectivity index (χ0v) is 16.5. The number of hydrogen-bond donors (Lipinski definition) is 0. The van der Waals surface area contributed by atoms with Crippen LogP contribution in [0, 0.1) is 11.8 Å². The number of methoxy groups -OCH3 is 2. The summed E-state index contributed by atoms with van der Waals surface area (Å²) in [5, 5.41) is 0. The molecule has 2 fully saturated rings. The van der Waals surface area contributed by atoms with Gasteiger partial charge in [-0.3, -0.25) is 9.69 Å². The van der Waals surface area contributed by atoms with E-state index in [1.807, 2.05) is 12.1 Å². The summed E-state index contributed by atoms with van der Waals surface area (Å²) in [6.07, 6.45) is 3.37. The second kappa shape index (κ2) is 8.30. The normalized spacial score (nSPS) is 26.8. The van der Waals surface area contributed by atoms with Gasteiger partial charge in [-0.15, -0.1) is 0 Å². The third kappa shape index (κ3) is 4.14. The highest BCUT2D eigenvalue weighted by atomic mass is 16.5. The molecule has 144 valence electrons. The molecular formula is C21H32N2O3. The minimum Gasteiger partial charge on any atom is -0.497 e. The Kier molecular flexibility index (Phi) is 6.07. The fraction of sp³-hybridized carbons (Fsp3) is 0.667. The first-order valence-electron chi connectivity index (χ1n) is 9.75. The number of nitrogens with zero attached hydrogens (tertiary/aromatic N) is 2. The highest BCUT2D eigenvalue weighted by Gasteiger charge is 2.32. The summed E-state index contributed by atoms with van der Waals surface area (Å²) in [6.45, 7) is 7.72. The predicted octanol–water partition coefficient (Wildman–Crippen LogP) is 3.35. The molecule has 0 unspecified atom stereocenters. The van der Waals surface area contributed by atoms with Gasteiger partial charge >= 0.3 is 0 Å². The zero-order chi connectivity index (χ0) is 18.7. The van der Waals surface area contributed by atoms with E-state index < -0.39 is 0 Å². The van der Waals surface area contributed by atoms with Crippen molar-refractivity contribution < 1.29 is 14.3 Å². The van der Waals surface area contributed by atoms with E-state index in [4.69, 9.17) is 9.47 Å². The molecule has 0 aromatic heterocycles. The number of piperidine rings is 1. The molecule has 2 saturated heterocycles. The summed E-state index contributed by atoms with van der Waals surface area (Å²) in [7, 11) is 3.38. The van der Waals surface area contributed by atoms with Gasteiger partial charge in [0.15, 0.2) is 0 Å². The van der Waals surface area contributed by atoms with Gasteiger partial charge in [-0.1, -0.05) is 13.8 Å². The molecule has 0 spiro atoms. The number of likely N-dealkylation sites (tertiary alicyclic amines) is 2. The van der Waals surface area contributed by atoms with Crippen molar-refractivity contribution in [2.24, 2.45) is 11.8 Å². The van der Waals surface area contributed by atoms with Gasteiger partial charge < -0.3 is 14.4 Å². The minimum absolute atomic E-state index is 0.212. The van der Waals surface area contributed by atoms with Crippen LogP contribution >= 0.6 is 0 Å². The first kappa shape index (κ1) is 19.0. The summed E-state index contributed by atoms with van der Waals surface area (Å²) < 4.78 is 11.0. The first-order chi connectivity index (χ1) is 12.5. The summed E-state index contributed by atoms with van der Waals surface area (Å²) >= 11 is 0. The SMILES string of the molecule is COc1ccc(OC)c([C@@H]2CCCN2CC(=O)N2C[C@H](C)C[C@@H](C)C2)c1. The Morgan fingerprint density at radius 3 is 2.54 bits per heavy atom. The molecule has 1 amide bonds. The van der Waals surface area contributed by atoms with Crippen molar-refractivity contribution in [1.29, 1.82) is 0 Å². The minimum atomic E-state index is 0.212. The molecule has 0 saturated carbocycles. The largest absolute Gasteiger partial charge is 0.497 e. The average Bonchev–Trinajstić information content (AvgIpc) is 3.08. The topological polar surface area (TPSA) is 42.0 Å². The second-order valence-corrected chi connectivity index (χ2v) is 7.98. The van der Waals surface area contributed by atoms with Gasteiger partial charge in [-0.2, -0.15) is 0 Å². The molecule has 1 aromatic carbocycles. The summed E-state index contributed by atoms with van der Waals surface area (Å²) in [6, 6.07) is 6.14. The maximum atomic E-state index is 12.9. The number of rotatable bonds is 5. The number of carbonyl (C=O) groups excluding carboxylic acids is 1. The average molecular weight is 360 g/mol. The lowest BCUT2D eigenvalue weighted by atomic mass is 9.92. The van der Waals surface area contributed by atoms with Crippen LogP contribution in [0.3, 0.4) is 0 Å². The molecule has 3 atom stereocenters. The summed E-state index contributed by atoms with van der Waals surface area (Å²) in [4.78, 5) is 17.3. The van der Waals surface area contributed by atoms with Crippen molar-refractivity contribution in [1.82, 2.24) is 9.80 Å². The van der Waals surface area contributed by atoms with Crippen molar-refractivity contribution in [2.45, 2.75) is 39.2 Å². The zero-order valence-electron chi connectivity index (χ0n) is 16.5. The van der Waals surface area contributed by atoms with Gasteiger partial charge in [-0.05, 0) is 55.8 Å². The number of ether oxygens (including phenoxy) is 2. The van der Waals surface area contributed by atoms with Crippen LogP contribution in [-0.2, 0) is 4.79 Å². The van der Waals surface area contributed by atoms with Crippen molar-refractivity contribution in [2.75, 3.05) is 40.4 Å². The van der Waals surface area contributed by atoms with Crippen molar-refractivity contribution in [3.05, 3.63) is 23.8 Å². The van der Waals surface area contributed by atoms with Crippen molar-refractivity contribution in [3.63, 3.8) is 0 Å². The number of amides is 1. The van der Waals surface area contributed by atoms with E-state index in [0.29, 0.717) is 18.4 Å². The fourth-order valence-electron chi connectivity index (χ4n) is 4.61. The van der Waals surface area contributed by atoms with E-state index in [1.54, 1.807) is 14.2 Å². The number of benzene rings is 1. The van der Waals surface area contributed by atoms with Gasteiger partial charge in [0.2, 0.25) is 5.91 Å². The van der Waals surface area contributed by atoms with Gasteiger partial charge in [-0.25, -0.2) is 0 Å². The lowest BCUT2D eigenvalue weighted by Crippen LogP contribution is -2.46. The van der Waals surface area contributed by atoms with Crippen LogP contribution in [0.2, 0.25) is 0 Å². The molecule has 5 nitrogen and oxygen atoms in total. The van der Waals surface area contributed by atoms with Gasteiger partial charge in [0.05, 0.1) is 20.8 Å². The van der Waals surface area contributed by atoms with Crippen LogP contribution in [0.15, 0.2) is 18.2 Å². The van der Waals surface area contributed by atoms with Crippen molar-refractivity contribution in [3.8, 4) is 11.5 Å². The van der Waals surface area contributed by atoms with E-state index in [0.717, 1.165) is 49.5 Å². The molecule has 0 radical (unpaired) electrons. The molecule has 2 aliphatic rings. The fourth-order valence-corrected chi connectivity index (χ4v) is 4.61. The monoisotopic (exact) mass is 360 g/mol. The molecule has 3 rings (SSSR count). The molecule has 1 aromatic rings. The van der Waals surface area contributed by atoms with E-state index in [2.05, 4.69) is 29.7 Å². The summed E-state index contributed by atoms with van der Waals surface area (Å²) in [5.41, 5.74) is 1.12. The maximum Gasteiger partial charge on any atom is 0.236 e. The smallest absolute Gasteiger partial charge is 0.236 e. The van der Waals surface area contributed by atoms with Crippen LogP contribution in [0.4, 0.5) is 0 Å². The van der Waals surface area contributed by atoms with Crippen LogP contribution in [0.25, 0.3) is 0 Å². The standard InChI is InChI=1S/C21H32N2O3/c1-15-10-16(2)13-23(12-15)21(24)14-22-9-5-6-19(22)18-11-17(25-3)7-8-20(18)26-4/h7-8,11,15-16,19H,5-6,9-10,12-14H2,1-4H3/t15-,16-,19+/m1/s1. The number of carbonyl (C=O) groups is 1. The Bertz CT molecular complexity index is 624. The molecule has 2 aliphatic heterocycles. The lowest BCUT2D eigenvalue weighted by molar-refractivity contribution is -0.135. The van der Waals surface area contributed by atoms with Crippen molar-refractivity contribution >= 4 is 5.91 Å². The van der Waals surface area contributed by atoms with Crippen LogP contribution in [0.5, 0.6) is 11.5 Å². The van der Waals surface area contributed by atoms with Gasteiger partial charge in [0.1, 0.15) is 11.5 Å². The Labute approximate surface area is 157 Å². The molecular weight excluding hydrogens is 328 g/mol. The maximum absolute atomic E-state index is 12.9. The lowest BCUT2D eigenvalue weighted by Gasteiger charge is -2.36. The van der Waals surface area contributed by atoms with Gasteiger partial charge in [0, 0.05) is 24.7 Å². The van der Waals surface area contributed by atoms with E-state index >= 15 is 0 Å². The van der Waals surface area contributed by atoms with E-state index in [1.165, 1.54) is 6.42 Å². The summed E-state index contributed by atoms with van der Waals surface area (Å²) in [5.74, 6) is 3.15. The Morgan fingerprint density at radius 2 is 1.88 bits per heavy atom. The van der Waals surface area contributed by atoms with Crippen LogP contribution in [-0.4, -0.2) is 56.1 Å². The third-order valence-electron chi connectivity index (χ3n) is 5.72. The molecule has 0 bridgehead atoms. The highest BCUT2D eigenvalue weighted by molar-refractivity contribution is 5.78. The third-order valence-corrected chi connectivity index (χ3v) is 5.72. The molecule has 26 heavy (non-hydrogen) atoms. The number of hydrogen-bond acceptors (Lipinski definition) is 4. The molecule has 5 heteroatoms. The van der Waals surface area contributed by atoms with Crippen LogP contribution in [0.1, 0.15) is 44.7 Å².